The lowest BCUT2D eigenvalue weighted by Crippen LogP contribution is -2.45. The lowest BCUT2D eigenvalue weighted by molar-refractivity contribution is -0.116. The Bertz CT molecular complexity index is 1090. The second kappa shape index (κ2) is 7.36. The zero-order valence-electron chi connectivity index (χ0n) is 14.9. The van der Waals surface area contributed by atoms with E-state index in [4.69, 9.17) is 0 Å². The lowest BCUT2D eigenvalue weighted by Gasteiger charge is -2.28. The number of benzene rings is 3. The van der Waals surface area contributed by atoms with E-state index in [-0.39, 0.29) is 5.69 Å². The minimum atomic E-state index is -3.81. The van der Waals surface area contributed by atoms with Gasteiger partial charge in [0.05, 0.1) is 11.9 Å². The molecule has 7 heteroatoms. The van der Waals surface area contributed by atoms with E-state index in [1.54, 1.807) is 6.07 Å². The van der Waals surface area contributed by atoms with Crippen LogP contribution in [0.1, 0.15) is 6.92 Å². The highest BCUT2D eigenvalue weighted by Gasteiger charge is 2.29. The second-order valence-corrected chi connectivity index (χ2v) is 8.09. The van der Waals surface area contributed by atoms with Crippen molar-refractivity contribution in [3.05, 3.63) is 72.5 Å². The third-order valence-corrected chi connectivity index (χ3v) is 5.44. The first-order chi connectivity index (χ1) is 12.8. The quantitative estimate of drug-likeness (QED) is 0.726. The van der Waals surface area contributed by atoms with Gasteiger partial charge in [0.2, 0.25) is 15.9 Å². The van der Waals surface area contributed by atoms with Crippen molar-refractivity contribution >= 4 is 38.1 Å². The molecule has 0 fully saturated rings. The van der Waals surface area contributed by atoms with E-state index in [1.165, 1.54) is 25.1 Å². The fourth-order valence-corrected chi connectivity index (χ4v) is 4.16. The molecule has 5 nitrogen and oxygen atoms in total. The number of rotatable bonds is 5. The van der Waals surface area contributed by atoms with Crippen molar-refractivity contribution in [2.75, 3.05) is 15.9 Å². The number of nitrogens with one attached hydrogen (secondary N) is 1. The number of hydrogen-bond acceptors (Lipinski definition) is 3. The standard InChI is InChI=1S/C20H19FN2O3S/c1-14(23(27(2,25)26)17-10-6-9-16(21)13-17)20(24)22-19-12-5-8-15-7-3-4-11-18(15)19/h3-14H,1-2H3,(H,22,24)/t14-/m0/s1. The molecular formula is C20H19FN2O3S. The Morgan fingerprint density at radius 1 is 1.04 bits per heavy atom. The molecular weight excluding hydrogens is 367 g/mol. The molecule has 1 amide bonds. The molecule has 0 saturated carbocycles. The molecule has 1 atom stereocenters. The van der Waals surface area contributed by atoms with Gasteiger partial charge in [-0.3, -0.25) is 9.10 Å². The molecule has 0 bridgehead atoms. The topological polar surface area (TPSA) is 66.5 Å². The molecule has 1 N–H and O–H groups in total. The van der Waals surface area contributed by atoms with Crippen molar-refractivity contribution in [2.24, 2.45) is 0 Å². The third-order valence-electron chi connectivity index (χ3n) is 4.20. The van der Waals surface area contributed by atoms with Gasteiger partial charge in [-0.25, -0.2) is 12.8 Å². The highest BCUT2D eigenvalue weighted by molar-refractivity contribution is 7.92. The van der Waals surface area contributed by atoms with E-state index in [0.717, 1.165) is 27.4 Å². The summed E-state index contributed by atoms with van der Waals surface area (Å²) in [5, 5.41) is 4.58. The molecule has 0 aliphatic rings. The summed E-state index contributed by atoms with van der Waals surface area (Å²) in [7, 11) is -3.81. The van der Waals surface area contributed by atoms with Crippen LogP contribution in [0.2, 0.25) is 0 Å². The van der Waals surface area contributed by atoms with Crippen molar-refractivity contribution in [1.82, 2.24) is 0 Å². The molecule has 0 heterocycles. The Morgan fingerprint density at radius 3 is 2.41 bits per heavy atom. The minimum absolute atomic E-state index is 0.0954. The number of sulfonamides is 1. The van der Waals surface area contributed by atoms with Gasteiger partial charge < -0.3 is 5.32 Å². The maximum atomic E-state index is 13.6. The number of nitrogens with zero attached hydrogens (tertiary/aromatic N) is 1. The minimum Gasteiger partial charge on any atom is -0.324 e. The van der Waals surface area contributed by atoms with Crippen LogP contribution in [0.25, 0.3) is 10.8 Å². The van der Waals surface area contributed by atoms with Gasteiger partial charge in [0.15, 0.2) is 0 Å². The Balaban J connectivity index is 1.94. The molecule has 27 heavy (non-hydrogen) atoms. The molecule has 0 spiro atoms. The van der Waals surface area contributed by atoms with Crippen LogP contribution in [-0.4, -0.2) is 26.6 Å². The fraction of sp³-hybridized carbons (Fsp3) is 0.150. The summed E-state index contributed by atoms with van der Waals surface area (Å²) in [4.78, 5) is 12.8. The van der Waals surface area contributed by atoms with Crippen molar-refractivity contribution in [3.63, 3.8) is 0 Å². The van der Waals surface area contributed by atoms with E-state index >= 15 is 0 Å². The first-order valence-electron chi connectivity index (χ1n) is 8.31. The summed E-state index contributed by atoms with van der Waals surface area (Å²) in [5.41, 5.74) is 0.677. The van der Waals surface area contributed by atoms with Crippen molar-refractivity contribution < 1.29 is 17.6 Å². The number of carbonyl (C=O) groups is 1. The van der Waals surface area contributed by atoms with Crippen molar-refractivity contribution in [3.8, 4) is 0 Å². The van der Waals surface area contributed by atoms with Gasteiger partial charge in [-0.2, -0.15) is 0 Å². The van der Waals surface area contributed by atoms with Crippen LogP contribution in [0.15, 0.2) is 66.7 Å². The summed E-state index contributed by atoms with van der Waals surface area (Å²) >= 11 is 0. The zero-order chi connectivity index (χ0) is 19.6. The van der Waals surface area contributed by atoms with E-state index in [9.17, 15) is 17.6 Å². The van der Waals surface area contributed by atoms with Crippen LogP contribution in [0, 0.1) is 5.82 Å². The Labute approximate surface area is 157 Å². The SMILES string of the molecule is C[C@@H](C(=O)Nc1cccc2ccccc12)N(c1cccc(F)c1)S(C)(=O)=O. The lowest BCUT2D eigenvalue weighted by atomic mass is 10.1. The van der Waals surface area contributed by atoms with Crippen LogP contribution < -0.4 is 9.62 Å². The number of fused-ring (bicyclic) bond motifs is 1. The molecule has 0 radical (unpaired) electrons. The number of halogens is 1. The van der Waals surface area contributed by atoms with Gasteiger partial charge in [-0.15, -0.1) is 0 Å². The van der Waals surface area contributed by atoms with Crippen molar-refractivity contribution in [1.29, 1.82) is 0 Å². The maximum Gasteiger partial charge on any atom is 0.248 e. The molecule has 0 aliphatic heterocycles. The maximum absolute atomic E-state index is 13.6. The van der Waals surface area contributed by atoms with Gasteiger partial charge in [-0.1, -0.05) is 42.5 Å². The Kier molecular flexibility index (Phi) is 5.14. The molecule has 140 valence electrons. The summed E-state index contributed by atoms with van der Waals surface area (Å²) < 4.78 is 39.0. The van der Waals surface area contributed by atoms with Gasteiger partial charge in [0.1, 0.15) is 11.9 Å². The number of carbonyl (C=O) groups excluding carboxylic acids is 1. The monoisotopic (exact) mass is 386 g/mol. The molecule has 3 rings (SSSR count). The van der Waals surface area contributed by atoms with Gasteiger partial charge >= 0.3 is 0 Å². The smallest absolute Gasteiger partial charge is 0.248 e. The van der Waals surface area contributed by atoms with Gasteiger partial charge in [-0.05, 0) is 36.6 Å². The average Bonchev–Trinajstić information content (AvgIpc) is 2.61. The van der Waals surface area contributed by atoms with E-state index < -0.39 is 27.8 Å². The molecule has 3 aromatic rings. The predicted molar refractivity (Wildman–Crippen MR) is 106 cm³/mol. The number of anilines is 2. The first kappa shape index (κ1) is 18.8. The average molecular weight is 386 g/mol. The molecule has 0 aromatic heterocycles. The van der Waals surface area contributed by atoms with Crippen LogP contribution >= 0.6 is 0 Å². The molecule has 0 aliphatic carbocycles. The second-order valence-electron chi connectivity index (χ2n) is 6.23. The van der Waals surface area contributed by atoms with Crippen molar-refractivity contribution in [2.45, 2.75) is 13.0 Å². The molecule has 0 unspecified atom stereocenters. The normalized spacial score (nSPS) is 12.6. The summed E-state index contributed by atoms with van der Waals surface area (Å²) in [5.74, 6) is -1.09. The van der Waals surface area contributed by atoms with Crippen LogP contribution in [0.4, 0.5) is 15.8 Å². The zero-order valence-corrected chi connectivity index (χ0v) is 15.7. The number of hydrogen-bond donors (Lipinski definition) is 1. The fourth-order valence-electron chi connectivity index (χ4n) is 2.99. The Hall–Kier alpha value is -2.93. The summed E-state index contributed by atoms with van der Waals surface area (Å²) in [6, 6.07) is 17.1. The molecule has 0 saturated heterocycles. The summed E-state index contributed by atoms with van der Waals surface area (Å²) in [6.07, 6.45) is 0.986. The number of amides is 1. The highest BCUT2D eigenvalue weighted by Crippen LogP contribution is 2.25. The van der Waals surface area contributed by atoms with Gasteiger partial charge in [0, 0.05) is 11.1 Å². The van der Waals surface area contributed by atoms with Gasteiger partial charge in [0.25, 0.3) is 0 Å². The first-order valence-corrected chi connectivity index (χ1v) is 10.2. The van der Waals surface area contributed by atoms with Crippen LogP contribution in [-0.2, 0) is 14.8 Å². The van der Waals surface area contributed by atoms with E-state index in [0.29, 0.717) is 5.69 Å². The summed E-state index contributed by atoms with van der Waals surface area (Å²) in [6.45, 7) is 1.46. The van der Waals surface area contributed by atoms with E-state index in [1.807, 2.05) is 36.4 Å². The van der Waals surface area contributed by atoms with E-state index in [2.05, 4.69) is 5.32 Å². The van der Waals surface area contributed by atoms with Crippen LogP contribution in [0.3, 0.4) is 0 Å². The largest absolute Gasteiger partial charge is 0.324 e. The van der Waals surface area contributed by atoms with Crippen LogP contribution in [0.5, 0.6) is 0 Å². The molecule has 3 aromatic carbocycles. The Morgan fingerprint density at radius 2 is 1.70 bits per heavy atom. The third kappa shape index (κ3) is 4.09. The predicted octanol–water partition coefficient (Wildman–Crippen LogP) is 3.77. The highest BCUT2D eigenvalue weighted by atomic mass is 32.2.